The first-order valence-electron chi connectivity index (χ1n) is 8.76. The van der Waals surface area contributed by atoms with E-state index in [4.69, 9.17) is 9.68 Å². The van der Waals surface area contributed by atoms with E-state index >= 15 is 0 Å². The van der Waals surface area contributed by atoms with Crippen LogP contribution >= 0.6 is 11.8 Å². The molecule has 2 rings (SSSR count). The Morgan fingerprint density at radius 3 is 2.85 bits per heavy atom. The minimum atomic E-state index is -0.0175. The first-order chi connectivity index (χ1) is 12.4. The molecule has 0 aromatic carbocycles. The summed E-state index contributed by atoms with van der Waals surface area (Å²) < 4.78 is 7.52. The summed E-state index contributed by atoms with van der Waals surface area (Å²) in [7, 11) is 0. The van der Waals surface area contributed by atoms with Crippen molar-refractivity contribution in [3.8, 4) is 6.07 Å². The van der Waals surface area contributed by atoms with Gasteiger partial charge in [0.05, 0.1) is 36.7 Å². The molecule has 0 atom stereocenters. The normalized spacial score (nSPS) is 10.9. The number of rotatable bonds is 9. The van der Waals surface area contributed by atoms with E-state index in [-0.39, 0.29) is 5.91 Å². The largest absolute Gasteiger partial charge is 0.467 e. The number of nitrogens with zero attached hydrogens (tertiary/aromatic N) is 4. The Balaban J connectivity index is 2.05. The van der Waals surface area contributed by atoms with E-state index in [9.17, 15) is 4.79 Å². The van der Waals surface area contributed by atoms with Crippen LogP contribution in [0.4, 0.5) is 0 Å². The number of imidazole rings is 1. The van der Waals surface area contributed by atoms with E-state index in [1.165, 1.54) is 11.8 Å². The SMILES string of the molecule is Cc1nc(SCC(=O)N(CCC#N)Cc2ccco2)n(CC(C)C)c1C. The maximum atomic E-state index is 12.7. The number of aryl methyl sites for hydroxylation is 1. The van der Waals surface area contributed by atoms with Crippen molar-refractivity contribution in [1.82, 2.24) is 14.5 Å². The van der Waals surface area contributed by atoms with E-state index < -0.39 is 0 Å². The highest BCUT2D eigenvalue weighted by molar-refractivity contribution is 7.99. The maximum absolute atomic E-state index is 12.7. The summed E-state index contributed by atoms with van der Waals surface area (Å²) in [6, 6.07) is 5.73. The molecule has 26 heavy (non-hydrogen) atoms. The van der Waals surface area contributed by atoms with Gasteiger partial charge in [-0.15, -0.1) is 0 Å². The van der Waals surface area contributed by atoms with Gasteiger partial charge in [0.25, 0.3) is 0 Å². The summed E-state index contributed by atoms with van der Waals surface area (Å²) in [5, 5.41) is 9.73. The maximum Gasteiger partial charge on any atom is 0.233 e. The van der Waals surface area contributed by atoms with Crippen LogP contribution in [-0.4, -0.2) is 32.7 Å². The third-order valence-electron chi connectivity index (χ3n) is 4.07. The molecule has 7 heteroatoms. The standard InChI is InChI=1S/C19H26N4O2S/c1-14(2)11-23-16(4)15(3)21-19(23)26-13-18(24)22(9-6-8-20)12-17-7-5-10-25-17/h5,7,10,14H,6,9,11-13H2,1-4H3. The Morgan fingerprint density at radius 1 is 1.46 bits per heavy atom. The summed E-state index contributed by atoms with van der Waals surface area (Å²) in [6.45, 7) is 10.1. The molecule has 2 heterocycles. The van der Waals surface area contributed by atoms with Crippen LogP contribution in [0.15, 0.2) is 28.0 Å². The molecule has 140 valence electrons. The number of carbonyl (C=O) groups is 1. The molecule has 2 aromatic rings. The second kappa shape index (κ2) is 9.48. The Bertz CT molecular complexity index is 759. The second-order valence-electron chi connectivity index (χ2n) is 6.66. The van der Waals surface area contributed by atoms with E-state index in [1.807, 2.05) is 13.0 Å². The lowest BCUT2D eigenvalue weighted by atomic mass is 10.2. The molecule has 0 unspecified atom stereocenters. The van der Waals surface area contributed by atoms with Gasteiger partial charge in [-0.2, -0.15) is 5.26 Å². The van der Waals surface area contributed by atoms with Gasteiger partial charge < -0.3 is 13.9 Å². The second-order valence-corrected chi connectivity index (χ2v) is 7.60. The highest BCUT2D eigenvalue weighted by atomic mass is 32.2. The summed E-state index contributed by atoms with van der Waals surface area (Å²) >= 11 is 1.45. The Labute approximate surface area is 159 Å². The van der Waals surface area contributed by atoms with Gasteiger partial charge in [0.1, 0.15) is 5.76 Å². The number of furan rings is 1. The van der Waals surface area contributed by atoms with Gasteiger partial charge in [-0.25, -0.2) is 4.98 Å². The van der Waals surface area contributed by atoms with Gasteiger partial charge in [0.15, 0.2) is 5.16 Å². The van der Waals surface area contributed by atoms with Crippen LogP contribution in [-0.2, 0) is 17.9 Å². The van der Waals surface area contributed by atoms with Crippen molar-refractivity contribution in [1.29, 1.82) is 5.26 Å². The average Bonchev–Trinajstić information content (AvgIpc) is 3.20. The van der Waals surface area contributed by atoms with Gasteiger partial charge in [-0.1, -0.05) is 25.6 Å². The number of hydrogen-bond acceptors (Lipinski definition) is 5. The third kappa shape index (κ3) is 5.40. The van der Waals surface area contributed by atoms with Crippen LogP contribution in [0.5, 0.6) is 0 Å². The number of nitriles is 1. The Hall–Kier alpha value is -2.20. The van der Waals surface area contributed by atoms with Crippen LogP contribution in [0, 0.1) is 31.1 Å². The summed E-state index contributed by atoms with van der Waals surface area (Å²) in [6.07, 6.45) is 1.89. The number of thioether (sulfide) groups is 1. The Kier molecular flexibility index (Phi) is 7.34. The molecule has 0 aliphatic rings. The molecule has 0 aliphatic heterocycles. The molecule has 0 fully saturated rings. The summed E-state index contributed by atoms with van der Waals surface area (Å²) in [4.78, 5) is 19.0. The van der Waals surface area contributed by atoms with Crippen LogP contribution in [0.25, 0.3) is 0 Å². The highest BCUT2D eigenvalue weighted by Crippen LogP contribution is 2.23. The summed E-state index contributed by atoms with van der Waals surface area (Å²) in [5.41, 5.74) is 2.14. The van der Waals surface area contributed by atoms with E-state index in [0.29, 0.717) is 36.9 Å². The van der Waals surface area contributed by atoms with E-state index in [2.05, 4.69) is 36.4 Å². The van der Waals surface area contributed by atoms with Crippen molar-refractivity contribution in [2.45, 2.75) is 52.4 Å². The predicted octanol–water partition coefficient (Wildman–Crippen LogP) is 3.78. The molecular weight excluding hydrogens is 348 g/mol. The molecular formula is C19H26N4O2S. The smallest absolute Gasteiger partial charge is 0.233 e. The average molecular weight is 375 g/mol. The minimum absolute atomic E-state index is 0.0175. The zero-order valence-corrected chi connectivity index (χ0v) is 16.7. The zero-order chi connectivity index (χ0) is 19.1. The Morgan fingerprint density at radius 2 is 2.23 bits per heavy atom. The molecule has 6 nitrogen and oxygen atoms in total. The molecule has 0 bridgehead atoms. The molecule has 0 saturated carbocycles. The van der Waals surface area contributed by atoms with Gasteiger partial charge in [0, 0.05) is 18.8 Å². The monoisotopic (exact) mass is 374 g/mol. The van der Waals surface area contributed by atoms with E-state index in [0.717, 1.165) is 23.1 Å². The lowest BCUT2D eigenvalue weighted by Crippen LogP contribution is -2.32. The third-order valence-corrected chi connectivity index (χ3v) is 5.03. The van der Waals surface area contributed by atoms with Crippen molar-refractivity contribution in [2.24, 2.45) is 5.92 Å². The number of hydrogen-bond donors (Lipinski definition) is 0. The van der Waals surface area contributed by atoms with Crippen LogP contribution in [0.3, 0.4) is 0 Å². The molecule has 0 N–H and O–H groups in total. The number of aromatic nitrogens is 2. The van der Waals surface area contributed by atoms with Gasteiger partial charge in [0.2, 0.25) is 5.91 Å². The lowest BCUT2D eigenvalue weighted by molar-refractivity contribution is -0.129. The topological polar surface area (TPSA) is 75.1 Å². The van der Waals surface area contributed by atoms with Crippen molar-refractivity contribution >= 4 is 17.7 Å². The first kappa shape index (κ1) is 20.1. The van der Waals surface area contributed by atoms with Crippen LogP contribution in [0.2, 0.25) is 0 Å². The lowest BCUT2D eigenvalue weighted by Gasteiger charge is -2.20. The van der Waals surface area contributed by atoms with Crippen molar-refractivity contribution in [3.05, 3.63) is 35.5 Å². The fourth-order valence-electron chi connectivity index (χ4n) is 2.60. The molecule has 2 aromatic heterocycles. The van der Waals surface area contributed by atoms with Crippen molar-refractivity contribution < 1.29 is 9.21 Å². The predicted molar refractivity (Wildman–Crippen MR) is 102 cm³/mol. The van der Waals surface area contributed by atoms with Crippen molar-refractivity contribution in [3.63, 3.8) is 0 Å². The molecule has 1 amide bonds. The quantitative estimate of drug-likeness (QED) is 0.624. The number of amides is 1. The molecule has 0 spiro atoms. The van der Waals surface area contributed by atoms with E-state index in [1.54, 1.807) is 17.2 Å². The molecule has 0 aliphatic carbocycles. The van der Waals surface area contributed by atoms with Gasteiger partial charge in [-0.05, 0) is 31.9 Å². The zero-order valence-electron chi connectivity index (χ0n) is 15.9. The van der Waals surface area contributed by atoms with Crippen molar-refractivity contribution in [2.75, 3.05) is 12.3 Å². The highest BCUT2D eigenvalue weighted by Gasteiger charge is 2.18. The fourth-order valence-corrected chi connectivity index (χ4v) is 3.60. The number of carbonyl (C=O) groups excluding carboxylic acids is 1. The summed E-state index contributed by atoms with van der Waals surface area (Å²) in [5.74, 6) is 1.49. The van der Waals surface area contributed by atoms with Crippen LogP contribution in [0.1, 0.15) is 37.4 Å². The van der Waals surface area contributed by atoms with Gasteiger partial charge in [-0.3, -0.25) is 4.79 Å². The fraction of sp³-hybridized carbons (Fsp3) is 0.526. The van der Waals surface area contributed by atoms with Crippen LogP contribution < -0.4 is 0 Å². The van der Waals surface area contributed by atoms with Gasteiger partial charge >= 0.3 is 0 Å². The molecule has 0 saturated heterocycles. The minimum Gasteiger partial charge on any atom is -0.467 e. The molecule has 0 radical (unpaired) electrons. The first-order valence-corrected chi connectivity index (χ1v) is 9.74.